The number of carbonyl (C=O) groups excluding carboxylic acids is 1. The molecule has 3 aromatic carbocycles. The van der Waals surface area contributed by atoms with Gasteiger partial charge in [-0.1, -0.05) is 35.4 Å². The van der Waals surface area contributed by atoms with Crippen molar-refractivity contribution >= 4 is 38.9 Å². The second-order valence-corrected chi connectivity index (χ2v) is 9.03. The van der Waals surface area contributed by atoms with E-state index in [1.165, 1.54) is 30.3 Å². The van der Waals surface area contributed by atoms with Crippen molar-refractivity contribution in [2.24, 2.45) is 0 Å². The Balaban J connectivity index is 1.85. The summed E-state index contributed by atoms with van der Waals surface area (Å²) in [6.07, 6.45) is 0. The van der Waals surface area contributed by atoms with E-state index in [2.05, 4.69) is 10.0 Å². The van der Waals surface area contributed by atoms with Gasteiger partial charge >= 0.3 is 0 Å². The van der Waals surface area contributed by atoms with Crippen molar-refractivity contribution in [1.29, 1.82) is 0 Å². The SMILES string of the molecule is Cc1ccc(S(=O)(=O)Nc2ccc(Cl)c(C(=O)Nc3cc(C)cc(C)c3)c2)cc1. The van der Waals surface area contributed by atoms with Gasteiger partial charge in [-0.25, -0.2) is 8.42 Å². The van der Waals surface area contributed by atoms with Gasteiger partial charge in [0.1, 0.15) is 0 Å². The predicted octanol–water partition coefficient (Wildman–Crippen LogP) is 5.32. The molecule has 0 aliphatic carbocycles. The molecule has 0 aromatic heterocycles. The van der Waals surface area contributed by atoms with Crippen LogP contribution in [0.4, 0.5) is 11.4 Å². The van der Waals surface area contributed by atoms with Crippen molar-refractivity contribution in [3.63, 3.8) is 0 Å². The smallest absolute Gasteiger partial charge is 0.261 e. The molecule has 3 rings (SSSR count). The molecule has 0 saturated heterocycles. The number of aryl methyl sites for hydroxylation is 3. The number of hydrogen-bond donors (Lipinski definition) is 2. The van der Waals surface area contributed by atoms with Gasteiger partial charge in [-0.3, -0.25) is 9.52 Å². The number of benzene rings is 3. The predicted molar refractivity (Wildman–Crippen MR) is 117 cm³/mol. The third-order valence-electron chi connectivity index (χ3n) is 4.27. The summed E-state index contributed by atoms with van der Waals surface area (Å²) >= 11 is 6.19. The van der Waals surface area contributed by atoms with Crippen LogP contribution in [0.1, 0.15) is 27.0 Å². The minimum atomic E-state index is -3.78. The molecule has 0 aliphatic heterocycles. The van der Waals surface area contributed by atoms with E-state index in [9.17, 15) is 13.2 Å². The zero-order chi connectivity index (χ0) is 21.2. The van der Waals surface area contributed by atoms with Crippen LogP contribution in [0.2, 0.25) is 5.02 Å². The minimum absolute atomic E-state index is 0.138. The number of anilines is 2. The average Bonchev–Trinajstić information content (AvgIpc) is 2.62. The Kier molecular flexibility index (Phi) is 5.96. The molecule has 3 aromatic rings. The number of rotatable bonds is 5. The Hall–Kier alpha value is -2.83. The summed E-state index contributed by atoms with van der Waals surface area (Å²) in [5.74, 6) is -0.420. The van der Waals surface area contributed by atoms with Crippen LogP contribution in [0.15, 0.2) is 65.6 Å². The Labute approximate surface area is 175 Å². The van der Waals surface area contributed by atoms with Crippen LogP contribution >= 0.6 is 11.6 Å². The zero-order valence-corrected chi connectivity index (χ0v) is 17.9. The van der Waals surface area contributed by atoms with Gasteiger partial charge in [0.05, 0.1) is 15.5 Å². The third-order valence-corrected chi connectivity index (χ3v) is 6.00. The number of nitrogens with one attached hydrogen (secondary N) is 2. The lowest BCUT2D eigenvalue weighted by molar-refractivity contribution is 0.102. The van der Waals surface area contributed by atoms with Crippen molar-refractivity contribution in [3.8, 4) is 0 Å². The fourth-order valence-electron chi connectivity index (χ4n) is 2.94. The number of carbonyl (C=O) groups is 1. The summed E-state index contributed by atoms with van der Waals surface area (Å²) in [4.78, 5) is 12.8. The van der Waals surface area contributed by atoms with Crippen LogP contribution in [0.5, 0.6) is 0 Å². The summed E-state index contributed by atoms with van der Waals surface area (Å²) in [6.45, 7) is 5.76. The van der Waals surface area contributed by atoms with E-state index in [0.29, 0.717) is 5.69 Å². The van der Waals surface area contributed by atoms with Gasteiger partial charge in [0.2, 0.25) is 0 Å². The lowest BCUT2D eigenvalue weighted by Gasteiger charge is -2.12. The van der Waals surface area contributed by atoms with Gasteiger partial charge in [0, 0.05) is 11.4 Å². The van der Waals surface area contributed by atoms with E-state index >= 15 is 0 Å². The number of sulfonamides is 1. The average molecular weight is 429 g/mol. The van der Waals surface area contributed by atoms with Crippen LogP contribution in [-0.4, -0.2) is 14.3 Å². The lowest BCUT2D eigenvalue weighted by Crippen LogP contribution is -2.15. The fraction of sp³-hybridized carbons (Fsp3) is 0.136. The van der Waals surface area contributed by atoms with Crippen LogP contribution in [0.25, 0.3) is 0 Å². The van der Waals surface area contributed by atoms with Crippen molar-refractivity contribution < 1.29 is 13.2 Å². The molecule has 150 valence electrons. The van der Waals surface area contributed by atoms with E-state index in [1.807, 2.05) is 39.0 Å². The van der Waals surface area contributed by atoms with E-state index in [-0.39, 0.29) is 21.2 Å². The molecule has 0 radical (unpaired) electrons. The topological polar surface area (TPSA) is 75.3 Å². The van der Waals surface area contributed by atoms with Crippen LogP contribution in [0, 0.1) is 20.8 Å². The van der Waals surface area contributed by atoms with Gasteiger partial charge < -0.3 is 5.32 Å². The van der Waals surface area contributed by atoms with Crippen molar-refractivity contribution in [2.45, 2.75) is 25.7 Å². The monoisotopic (exact) mass is 428 g/mol. The van der Waals surface area contributed by atoms with Crippen LogP contribution in [0.3, 0.4) is 0 Å². The summed E-state index contributed by atoms with van der Waals surface area (Å²) in [6, 6.07) is 16.6. The maximum atomic E-state index is 12.7. The Morgan fingerprint density at radius 3 is 2.03 bits per heavy atom. The van der Waals surface area contributed by atoms with Gasteiger partial charge in [0.25, 0.3) is 15.9 Å². The quantitative estimate of drug-likeness (QED) is 0.577. The molecule has 0 fully saturated rings. The van der Waals surface area contributed by atoms with Crippen molar-refractivity contribution in [2.75, 3.05) is 10.0 Å². The van der Waals surface area contributed by atoms with E-state index < -0.39 is 15.9 Å². The number of halogens is 1. The summed E-state index contributed by atoms with van der Waals surface area (Å²) in [5, 5.41) is 3.04. The molecular formula is C22H21ClN2O3S. The highest BCUT2D eigenvalue weighted by Crippen LogP contribution is 2.24. The second kappa shape index (κ2) is 8.27. The number of amides is 1. The molecule has 0 bridgehead atoms. The largest absolute Gasteiger partial charge is 0.322 e. The highest BCUT2D eigenvalue weighted by atomic mass is 35.5. The first-order chi connectivity index (χ1) is 13.6. The van der Waals surface area contributed by atoms with Crippen molar-refractivity contribution in [1.82, 2.24) is 0 Å². The normalized spacial score (nSPS) is 11.2. The zero-order valence-electron chi connectivity index (χ0n) is 16.3. The second-order valence-electron chi connectivity index (χ2n) is 6.94. The lowest BCUT2D eigenvalue weighted by atomic mass is 10.1. The van der Waals surface area contributed by atoms with Crippen LogP contribution in [-0.2, 0) is 10.0 Å². The molecule has 5 nitrogen and oxygen atoms in total. The molecule has 0 unspecified atom stereocenters. The molecule has 0 spiro atoms. The van der Waals surface area contributed by atoms with Crippen molar-refractivity contribution in [3.05, 3.63) is 87.9 Å². The molecule has 29 heavy (non-hydrogen) atoms. The molecular weight excluding hydrogens is 408 g/mol. The standard InChI is InChI=1S/C22H21ClN2O3S/c1-14-4-7-19(8-5-14)29(27,28)25-17-6-9-21(23)20(13-17)22(26)24-18-11-15(2)10-16(3)12-18/h4-13,25H,1-3H3,(H,24,26). The molecule has 7 heteroatoms. The Bertz CT molecular complexity index is 1150. The molecule has 0 heterocycles. The fourth-order valence-corrected chi connectivity index (χ4v) is 4.19. The minimum Gasteiger partial charge on any atom is -0.322 e. The van der Waals surface area contributed by atoms with Gasteiger partial charge in [0.15, 0.2) is 0 Å². The summed E-state index contributed by atoms with van der Waals surface area (Å²) < 4.78 is 27.7. The maximum absolute atomic E-state index is 12.7. The van der Waals surface area contributed by atoms with E-state index in [0.717, 1.165) is 16.7 Å². The third kappa shape index (κ3) is 5.16. The molecule has 0 saturated carbocycles. The van der Waals surface area contributed by atoms with Gasteiger partial charge in [-0.05, 0) is 74.4 Å². The molecule has 0 atom stereocenters. The first-order valence-corrected chi connectivity index (χ1v) is 10.8. The number of hydrogen-bond acceptors (Lipinski definition) is 3. The molecule has 1 amide bonds. The first-order valence-electron chi connectivity index (χ1n) is 8.93. The Morgan fingerprint density at radius 1 is 0.793 bits per heavy atom. The molecule has 0 aliphatic rings. The highest BCUT2D eigenvalue weighted by molar-refractivity contribution is 7.92. The highest BCUT2D eigenvalue weighted by Gasteiger charge is 2.17. The Morgan fingerprint density at radius 2 is 1.41 bits per heavy atom. The first kappa shape index (κ1) is 20.9. The van der Waals surface area contributed by atoms with Crippen LogP contribution < -0.4 is 10.0 Å². The van der Waals surface area contributed by atoms with E-state index in [4.69, 9.17) is 11.6 Å². The summed E-state index contributed by atoms with van der Waals surface area (Å²) in [5.41, 5.74) is 4.07. The molecule has 2 N–H and O–H groups in total. The van der Waals surface area contributed by atoms with Gasteiger partial charge in [-0.15, -0.1) is 0 Å². The maximum Gasteiger partial charge on any atom is 0.261 e. The summed E-state index contributed by atoms with van der Waals surface area (Å²) in [7, 11) is -3.78. The van der Waals surface area contributed by atoms with Gasteiger partial charge in [-0.2, -0.15) is 0 Å². The van der Waals surface area contributed by atoms with E-state index in [1.54, 1.807) is 12.1 Å².